The molecule has 4 heterocycles. The standard InChI is InChI=1S/C18H24N4O2S/c23-18(19-10-16-2-1-9-25-16)17-13-21(11-14-4-7-24-8-5-14)12-15-3-6-20-22(15)17/h1-3,6,9,14,17H,4-5,7-8,10-13H2,(H,19,23). The maximum atomic E-state index is 12.8. The Morgan fingerprint density at radius 2 is 2.24 bits per heavy atom. The zero-order chi connectivity index (χ0) is 17.1. The Bertz CT molecular complexity index is 694. The Balaban J connectivity index is 1.42. The second kappa shape index (κ2) is 7.68. The lowest BCUT2D eigenvalue weighted by Gasteiger charge is -2.36. The number of fused-ring (bicyclic) bond motifs is 1. The average Bonchev–Trinajstić information content (AvgIpc) is 3.31. The molecule has 0 bridgehead atoms. The lowest BCUT2D eigenvalue weighted by molar-refractivity contribution is -0.126. The highest BCUT2D eigenvalue weighted by Crippen LogP contribution is 2.24. The summed E-state index contributed by atoms with van der Waals surface area (Å²) in [4.78, 5) is 16.4. The zero-order valence-electron chi connectivity index (χ0n) is 14.3. The molecule has 0 radical (unpaired) electrons. The van der Waals surface area contributed by atoms with Gasteiger partial charge < -0.3 is 10.1 Å². The van der Waals surface area contributed by atoms with Crippen molar-refractivity contribution in [2.24, 2.45) is 5.92 Å². The van der Waals surface area contributed by atoms with Crippen LogP contribution in [0.25, 0.3) is 0 Å². The molecule has 0 spiro atoms. The molecule has 2 aliphatic rings. The van der Waals surface area contributed by atoms with Gasteiger partial charge in [-0.1, -0.05) is 6.07 Å². The van der Waals surface area contributed by atoms with Crippen LogP contribution in [-0.2, 0) is 22.6 Å². The molecular weight excluding hydrogens is 336 g/mol. The molecule has 0 saturated carbocycles. The maximum Gasteiger partial charge on any atom is 0.246 e. The quantitative estimate of drug-likeness (QED) is 0.887. The van der Waals surface area contributed by atoms with Crippen LogP contribution in [0.3, 0.4) is 0 Å². The van der Waals surface area contributed by atoms with Crippen LogP contribution in [-0.4, -0.2) is 46.9 Å². The van der Waals surface area contributed by atoms with Crippen LogP contribution in [0.1, 0.15) is 29.5 Å². The fourth-order valence-corrected chi connectivity index (χ4v) is 4.34. The summed E-state index contributed by atoms with van der Waals surface area (Å²) < 4.78 is 7.36. The first-order chi connectivity index (χ1) is 12.3. The molecule has 1 atom stereocenters. The van der Waals surface area contributed by atoms with Crippen LogP contribution in [0, 0.1) is 5.92 Å². The van der Waals surface area contributed by atoms with E-state index in [2.05, 4.69) is 15.3 Å². The topological polar surface area (TPSA) is 59.4 Å². The van der Waals surface area contributed by atoms with E-state index >= 15 is 0 Å². The molecule has 1 saturated heterocycles. The fraction of sp³-hybridized carbons (Fsp3) is 0.556. The number of aromatic nitrogens is 2. The number of ether oxygens (including phenoxy) is 1. The molecule has 25 heavy (non-hydrogen) atoms. The van der Waals surface area contributed by atoms with Crippen LogP contribution >= 0.6 is 11.3 Å². The minimum absolute atomic E-state index is 0.0510. The minimum atomic E-state index is -0.251. The molecule has 2 aromatic rings. The van der Waals surface area contributed by atoms with Gasteiger partial charge in [0.2, 0.25) is 5.91 Å². The predicted molar refractivity (Wildman–Crippen MR) is 96.2 cm³/mol. The van der Waals surface area contributed by atoms with Gasteiger partial charge in [0.1, 0.15) is 6.04 Å². The highest BCUT2D eigenvalue weighted by Gasteiger charge is 2.32. The molecule has 2 aliphatic heterocycles. The summed E-state index contributed by atoms with van der Waals surface area (Å²) in [5.41, 5.74) is 1.12. The number of carbonyl (C=O) groups excluding carboxylic acids is 1. The molecule has 1 amide bonds. The van der Waals surface area contributed by atoms with Gasteiger partial charge in [0, 0.05) is 43.9 Å². The molecule has 134 valence electrons. The van der Waals surface area contributed by atoms with Gasteiger partial charge in [0.15, 0.2) is 0 Å². The smallest absolute Gasteiger partial charge is 0.246 e. The van der Waals surface area contributed by atoms with Crippen LogP contribution in [0.4, 0.5) is 0 Å². The van der Waals surface area contributed by atoms with Gasteiger partial charge in [-0.2, -0.15) is 5.10 Å². The summed E-state index contributed by atoms with van der Waals surface area (Å²) in [7, 11) is 0. The Morgan fingerprint density at radius 3 is 3.04 bits per heavy atom. The lowest BCUT2D eigenvalue weighted by atomic mass is 9.99. The number of carbonyl (C=O) groups is 1. The highest BCUT2D eigenvalue weighted by molar-refractivity contribution is 7.09. The van der Waals surface area contributed by atoms with E-state index in [4.69, 9.17) is 4.74 Å². The summed E-state index contributed by atoms with van der Waals surface area (Å²) >= 11 is 1.66. The molecular formula is C18H24N4O2S. The van der Waals surface area contributed by atoms with E-state index in [9.17, 15) is 4.79 Å². The molecule has 4 rings (SSSR count). The number of hydrogen-bond donors (Lipinski definition) is 1. The van der Waals surface area contributed by atoms with Crippen LogP contribution < -0.4 is 5.32 Å². The van der Waals surface area contributed by atoms with Gasteiger partial charge in [-0.15, -0.1) is 11.3 Å². The van der Waals surface area contributed by atoms with Crippen molar-refractivity contribution >= 4 is 17.2 Å². The second-order valence-electron chi connectivity index (χ2n) is 6.83. The summed E-state index contributed by atoms with van der Waals surface area (Å²) in [5, 5.41) is 9.50. The molecule has 2 aromatic heterocycles. The molecule has 0 aliphatic carbocycles. The van der Waals surface area contributed by atoms with Crippen molar-refractivity contribution in [2.45, 2.75) is 32.0 Å². The molecule has 1 fully saturated rings. The number of thiophene rings is 1. The summed E-state index contributed by atoms with van der Waals surface area (Å²) in [6, 6.07) is 5.82. The van der Waals surface area contributed by atoms with Crippen molar-refractivity contribution in [3.8, 4) is 0 Å². The van der Waals surface area contributed by atoms with Crippen molar-refractivity contribution in [1.82, 2.24) is 20.0 Å². The number of amides is 1. The van der Waals surface area contributed by atoms with Crippen molar-refractivity contribution in [2.75, 3.05) is 26.3 Å². The Kier molecular flexibility index (Phi) is 5.14. The first-order valence-electron chi connectivity index (χ1n) is 8.92. The van der Waals surface area contributed by atoms with E-state index in [0.29, 0.717) is 12.5 Å². The van der Waals surface area contributed by atoms with E-state index in [1.54, 1.807) is 17.5 Å². The van der Waals surface area contributed by atoms with E-state index in [-0.39, 0.29) is 11.9 Å². The molecule has 1 N–H and O–H groups in total. The summed E-state index contributed by atoms with van der Waals surface area (Å²) in [6.07, 6.45) is 4.03. The third-order valence-electron chi connectivity index (χ3n) is 5.04. The first kappa shape index (κ1) is 16.8. The average molecular weight is 360 g/mol. The van der Waals surface area contributed by atoms with Crippen LogP contribution in [0.2, 0.25) is 0 Å². The van der Waals surface area contributed by atoms with Gasteiger partial charge in [-0.3, -0.25) is 14.4 Å². The van der Waals surface area contributed by atoms with Crippen molar-refractivity contribution < 1.29 is 9.53 Å². The monoisotopic (exact) mass is 360 g/mol. The number of nitrogens with one attached hydrogen (secondary N) is 1. The van der Waals surface area contributed by atoms with Gasteiger partial charge in [0.25, 0.3) is 0 Å². The molecule has 6 nitrogen and oxygen atoms in total. The number of hydrogen-bond acceptors (Lipinski definition) is 5. The largest absolute Gasteiger partial charge is 0.381 e. The van der Waals surface area contributed by atoms with Gasteiger partial charge in [0.05, 0.1) is 12.2 Å². The maximum absolute atomic E-state index is 12.8. The van der Waals surface area contributed by atoms with Crippen LogP contribution in [0.15, 0.2) is 29.8 Å². The van der Waals surface area contributed by atoms with E-state index in [1.807, 2.05) is 28.3 Å². The number of nitrogens with zero attached hydrogens (tertiary/aromatic N) is 3. The van der Waals surface area contributed by atoms with E-state index in [0.717, 1.165) is 51.4 Å². The summed E-state index contributed by atoms with van der Waals surface area (Å²) in [5.74, 6) is 0.716. The summed E-state index contributed by atoms with van der Waals surface area (Å²) in [6.45, 7) is 4.93. The minimum Gasteiger partial charge on any atom is -0.381 e. The van der Waals surface area contributed by atoms with Crippen molar-refractivity contribution in [3.05, 3.63) is 40.3 Å². The van der Waals surface area contributed by atoms with Crippen molar-refractivity contribution in [1.29, 1.82) is 0 Å². The SMILES string of the molecule is O=C(NCc1cccs1)C1CN(CC2CCOCC2)Cc2ccnn21. The third-order valence-corrected chi connectivity index (χ3v) is 5.92. The van der Waals surface area contributed by atoms with Crippen LogP contribution in [0.5, 0.6) is 0 Å². The number of rotatable bonds is 5. The zero-order valence-corrected chi connectivity index (χ0v) is 15.1. The normalized spacial score (nSPS) is 21.8. The van der Waals surface area contributed by atoms with E-state index < -0.39 is 0 Å². The van der Waals surface area contributed by atoms with Gasteiger partial charge >= 0.3 is 0 Å². The molecule has 0 aromatic carbocycles. The Morgan fingerprint density at radius 1 is 1.36 bits per heavy atom. The second-order valence-corrected chi connectivity index (χ2v) is 7.86. The highest BCUT2D eigenvalue weighted by atomic mass is 32.1. The van der Waals surface area contributed by atoms with Gasteiger partial charge in [-0.25, -0.2) is 0 Å². The van der Waals surface area contributed by atoms with Gasteiger partial charge in [-0.05, 0) is 36.3 Å². The lowest BCUT2D eigenvalue weighted by Crippen LogP contribution is -2.46. The van der Waals surface area contributed by atoms with Crippen molar-refractivity contribution in [3.63, 3.8) is 0 Å². The first-order valence-corrected chi connectivity index (χ1v) is 9.80. The predicted octanol–water partition coefficient (Wildman–Crippen LogP) is 2.04. The van der Waals surface area contributed by atoms with E-state index in [1.165, 1.54) is 4.88 Å². The third kappa shape index (κ3) is 3.94. The molecule has 7 heteroatoms. The fourth-order valence-electron chi connectivity index (χ4n) is 3.70. The Labute approximate surface area is 151 Å². The Hall–Kier alpha value is -1.70. The molecule has 1 unspecified atom stereocenters.